The summed E-state index contributed by atoms with van der Waals surface area (Å²) < 4.78 is 0. The van der Waals surface area contributed by atoms with Gasteiger partial charge in [-0.1, -0.05) is 18.2 Å². The maximum atomic E-state index is 4.54. The molecule has 4 rings (SSSR count). The topological polar surface area (TPSA) is 31.9 Å². The van der Waals surface area contributed by atoms with E-state index in [1.807, 2.05) is 12.4 Å². The summed E-state index contributed by atoms with van der Waals surface area (Å²) in [6.45, 7) is 4.32. The number of H-pyrrole nitrogens is 1. The molecule has 0 saturated heterocycles. The van der Waals surface area contributed by atoms with Crippen molar-refractivity contribution in [3.8, 4) is 11.1 Å². The third kappa shape index (κ3) is 2.14. The lowest BCUT2D eigenvalue weighted by Crippen LogP contribution is -2.26. The van der Waals surface area contributed by atoms with E-state index in [-0.39, 0.29) is 0 Å². The van der Waals surface area contributed by atoms with E-state index in [0.29, 0.717) is 0 Å². The average Bonchev–Trinajstić information content (AvgIpc) is 2.88. The highest BCUT2D eigenvalue weighted by Gasteiger charge is 2.14. The van der Waals surface area contributed by atoms with Gasteiger partial charge in [0.25, 0.3) is 0 Å². The van der Waals surface area contributed by atoms with Gasteiger partial charge in [0.15, 0.2) is 0 Å². The van der Waals surface area contributed by atoms with Crippen molar-refractivity contribution in [1.29, 1.82) is 0 Å². The van der Waals surface area contributed by atoms with E-state index in [2.05, 4.69) is 53.1 Å². The van der Waals surface area contributed by atoms with Crippen LogP contribution in [0, 0.1) is 6.92 Å². The van der Waals surface area contributed by atoms with Gasteiger partial charge in [-0.2, -0.15) is 0 Å². The predicted octanol–water partition coefficient (Wildman–Crippen LogP) is 3.53. The summed E-state index contributed by atoms with van der Waals surface area (Å²) in [7, 11) is 2.18. The summed E-state index contributed by atoms with van der Waals surface area (Å²) in [4.78, 5) is 10.1. The molecular weight excluding hydrogens is 258 g/mol. The minimum atomic E-state index is 0.968. The highest BCUT2D eigenvalue weighted by molar-refractivity contribution is 5.84. The van der Waals surface area contributed by atoms with Crippen molar-refractivity contribution in [2.75, 3.05) is 13.6 Å². The van der Waals surface area contributed by atoms with Crippen LogP contribution < -0.4 is 0 Å². The number of aromatic amines is 1. The highest BCUT2D eigenvalue weighted by Crippen LogP contribution is 2.28. The average molecular weight is 277 g/mol. The largest absolute Gasteiger partial charge is 0.346 e. The molecule has 3 nitrogen and oxygen atoms in total. The van der Waals surface area contributed by atoms with Crippen LogP contribution in [0.4, 0.5) is 0 Å². The number of likely N-dealkylation sites (N-methyl/N-ethyl adjacent to an activating group) is 1. The van der Waals surface area contributed by atoms with Gasteiger partial charge >= 0.3 is 0 Å². The molecule has 0 radical (unpaired) electrons. The Labute approximate surface area is 124 Å². The molecule has 0 bridgehead atoms. The number of nitrogens with one attached hydrogen (secondary N) is 1. The smallest absolute Gasteiger partial charge is 0.137 e. The van der Waals surface area contributed by atoms with Crippen molar-refractivity contribution in [3.63, 3.8) is 0 Å². The number of benzene rings is 1. The number of fused-ring (bicyclic) bond motifs is 2. The molecule has 1 N–H and O–H groups in total. The molecule has 3 heterocycles. The molecule has 0 amide bonds. The summed E-state index contributed by atoms with van der Waals surface area (Å²) in [5.74, 6) is 0. The second kappa shape index (κ2) is 4.71. The molecule has 1 aromatic carbocycles. The first kappa shape index (κ1) is 12.6. The standard InChI is InChI=1S/C18H19N3/c1-12-9-19-18-17(12)8-16(10-20-18)13-3-4-15-11-21(2)6-5-14(15)7-13/h3-4,7-10H,5-6,11H2,1-2H3,(H,19,20). The Morgan fingerprint density at radius 3 is 2.95 bits per heavy atom. The van der Waals surface area contributed by atoms with Crippen LogP contribution in [0.15, 0.2) is 36.7 Å². The van der Waals surface area contributed by atoms with E-state index in [4.69, 9.17) is 0 Å². The van der Waals surface area contributed by atoms with Crippen LogP contribution in [0.3, 0.4) is 0 Å². The molecule has 3 heteroatoms. The molecule has 2 aromatic heterocycles. The first-order chi connectivity index (χ1) is 10.2. The van der Waals surface area contributed by atoms with Crippen LogP contribution in [0.5, 0.6) is 0 Å². The van der Waals surface area contributed by atoms with Gasteiger partial charge in [0.2, 0.25) is 0 Å². The molecule has 1 aliphatic rings. The van der Waals surface area contributed by atoms with Gasteiger partial charge < -0.3 is 9.88 Å². The van der Waals surface area contributed by atoms with Crippen molar-refractivity contribution in [3.05, 3.63) is 53.3 Å². The van der Waals surface area contributed by atoms with E-state index < -0.39 is 0 Å². The van der Waals surface area contributed by atoms with Gasteiger partial charge in [-0.05, 0) is 48.7 Å². The first-order valence-electron chi connectivity index (χ1n) is 7.45. The van der Waals surface area contributed by atoms with Crippen LogP contribution in [-0.4, -0.2) is 28.5 Å². The molecule has 0 saturated carbocycles. The molecule has 0 unspecified atom stereocenters. The Morgan fingerprint density at radius 1 is 1.14 bits per heavy atom. The zero-order valence-corrected chi connectivity index (χ0v) is 12.5. The molecule has 21 heavy (non-hydrogen) atoms. The Balaban J connectivity index is 1.79. The zero-order valence-electron chi connectivity index (χ0n) is 12.5. The van der Waals surface area contributed by atoms with Crippen LogP contribution in [-0.2, 0) is 13.0 Å². The Morgan fingerprint density at radius 2 is 2.05 bits per heavy atom. The molecule has 0 fully saturated rings. The van der Waals surface area contributed by atoms with Gasteiger partial charge in [0, 0.05) is 36.4 Å². The van der Waals surface area contributed by atoms with Crippen molar-refractivity contribution in [1.82, 2.24) is 14.9 Å². The summed E-state index contributed by atoms with van der Waals surface area (Å²) in [5.41, 5.74) is 7.63. The maximum absolute atomic E-state index is 4.54. The van der Waals surface area contributed by atoms with Crippen molar-refractivity contribution >= 4 is 11.0 Å². The third-order valence-corrected chi connectivity index (χ3v) is 4.48. The van der Waals surface area contributed by atoms with E-state index in [1.165, 1.54) is 33.2 Å². The lowest BCUT2D eigenvalue weighted by molar-refractivity contribution is 0.313. The molecule has 1 aliphatic heterocycles. The third-order valence-electron chi connectivity index (χ3n) is 4.48. The van der Waals surface area contributed by atoms with Crippen molar-refractivity contribution in [2.45, 2.75) is 19.9 Å². The lowest BCUT2D eigenvalue weighted by atomic mass is 9.95. The maximum Gasteiger partial charge on any atom is 0.137 e. The fraction of sp³-hybridized carbons (Fsp3) is 0.278. The highest BCUT2D eigenvalue weighted by atomic mass is 15.1. The van der Waals surface area contributed by atoms with Gasteiger partial charge in [0.05, 0.1) is 0 Å². The molecule has 106 valence electrons. The number of hydrogen-bond acceptors (Lipinski definition) is 2. The summed E-state index contributed by atoms with van der Waals surface area (Å²) in [6.07, 6.45) is 5.12. The monoisotopic (exact) mass is 277 g/mol. The molecule has 0 aliphatic carbocycles. The second-order valence-corrected chi connectivity index (χ2v) is 6.06. The van der Waals surface area contributed by atoms with E-state index in [0.717, 1.165) is 25.2 Å². The minimum Gasteiger partial charge on any atom is -0.346 e. The van der Waals surface area contributed by atoms with Crippen LogP contribution in [0.2, 0.25) is 0 Å². The van der Waals surface area contributed by atoms with E-state index >= 15 is 0 Å². The van der Waals surface area contributed by atoms with Crippen LogP contribution in [0.25, 0.3) is 22.2 Å². The Kier molecular flexibility index (Phi) is 2.82. The minimum absolute atomic E-state index is 0.968. The fourth-order valence-electron chi connectivity index (χ4n) is 3.17. The zero-order chi connectivity index (χ0) is 14.4. The van der Waals surface area contributed by atoms with Crippen molar-refractivity contribution in [2.24, 2.45) is 0 Å². The first-order valence-corrected chi connectivity index (χ1v) is 7.45. The number of rotatable bonds is 1. The SMILES string of the molecule is Cc1c[nH]c2ncc(-c3ccc4c(c3)CCN(C)C4)cc12. The van der Waals surface area contributed by atoms with Crippen LogP contribution in [0.1, 0.15) is 16.7 Å². The number of aromatic nitrogens is 2. The second-order valence-electron chi connectivity index (χ2n) is 6.06. The number of pyridine rings is 1. The Hall–Kier alpha value is -2.13. The number of hydrogen-bond donors (Lipinski definition) is 1. The van der Waals surface area contributed by atoms with E-state index in [1.54, 1.807) is 0 Å². The molecule has 0 atom stereocenters. The van der Waals surface area contributed by atoms with Crippen molar-refractivity contribution < 1.29 is 0 Å². The fourth-order valence-corrected chi connectivity index (χ4v) is 3.17. The Bertz CT molecular complexity index is 816. The number of nitrogens with zero attached hydrogens (tertiary/aromatic N) is 2. The molecule has 0 spiro atoms. The molecular formula is C18H19N3. The van der Waals surface area contributed by atoms with Crippen LogP contribution >= 0.6 is 0 Å². The lowest BCUT2D eigenvalue weighted by Gasteiger charge is -2.25. The van der Waals surface area contributed by atoms with Gasteiger partial charge in [-0.15, -0.1) is 0 Å². The summed E-state index contributed by atoms with van der Waals surface area (Å²) in [6, 6.07) is 9.08. The van der Waals surface area contributed by atoms with Gasteiger partial charge in [0.1, 0.15) is 5.65 Å². The normalized spacial score (nSPS) is 15.3. The predicted molar refractivity (Wildman–Crippen MR) is 86.3 cm³/mol. The quantitative estimate of drug-likeness (QED) is 0.738. The molecule has 3 aromatic rings. The van der Waals surface area contributed by atoms with Gasteiger partial charge in [-0.3, -0.25) is 0 Å². The number of aryl methyl sites for hydroxylation is 1. The van der Waals surface area contributed by atoms with Gasteiger partial charge in [-0.25, -0.2) is 4.98 Å². The van der Waals surface area contributed by atoms with E-state index in [9.17, 15) is 0 Å². The summed E-state index contributed by atoms with van der Waals surface area (Å²) >= 11 is 0. The summed E-state index contributed by atoms with van der Waals surface area (Å²) in [5, 5.41) is 1.21.